The average molecular weight is 319 g/mol. The second-order valence-corrected chi connectivity index (χ2v) is 5.04. The topological polar surface area (TPSA) is 65.8 Å². The van der Waals surface area contributed by atoms with Crippen LogP contribution in [0.3, 0.4) is 0 Å². The van der Waals surface area contributed by atoms with E-state index in [0.29, 0.717) is 0 Å². The number of piperazine rings is 1. The third-order valence-corrected chi connectivity index (χ3v) is 3.35. The van der Waals surface area contributed by atoms with E-state index in [2.05, 4.69) is 0 Å². The molecule has 1 fully saturated rings. The van der Waals surface area contributed by atoms with Crippen molar-refractivity contribution in [3.05, 3.63) is 24.2 Å². The van der Waals surface area contributed by atoms with Crippen molar-refractivity contribution in [3.63, 3.8) is 0 Å². The highest BCUT2D eigenvalue weighted by molar-refractivity contribution is 5.91. The Morgan fingerprint density at radius 2 is 2.14 bits per heavy atom. The number of rotatable bonds is 2. The van der Waals surface area contributed by atoms with Crippen molar-refractivity contribution >= 4 is 11.9 Å². The van der Waals surface area contributed by atoms with Gasteiger partial charge in [0.25, 0.3) is 5.91 Å². The number of furan rings is 1. The summed E-state index contributed by atoms with van der Waals surface area (Å²) in [5.74, 6) is -0.102. The predicted octanol–water partition coefficient (Wildman–Crippen LogP) is 1.70. The number of nitrogens with zero attached hydrogens (tertiary/aromatic N) is 2. The van der Waals surface area contributed by atoms with Gasteiger partial charge in [0.15, 0.2) is 5.76 Å². The average Bonchev–Trinajstić information content (AvgIpc) is 2.97. The summed E-state index contributed by atoms with van der Waals surface area (Å²) in [6.07, 6.45) is -3.06. The van der Waals surface area contributed by atoms with Crippen LogP contribution in [-0.4, -0.2) is 60.1 Å². The first kappa shape index (κ1) is 16.2. The minimum atomic E-state index is -4.45. The fraction of sp³-hybridized carbons (Fsp3) is 0.538. The Kier molecular flexibility index (Phi) is 4.62. The summed E-state index contributed by atoms with van der Waals surface area (Å²) in [7, 11) is 0. The first-order chi connectivity index (χ1) is 10.3. The Hall–Kier alpha value is -2.19. The molecule has 6 nitrogen and oxygen atoms in total. The second-order valence-electron chi connectivity index (χ2n) is 5.04. The number of urea groups is 1. The third kappa shape index (κ3) is 3.92. The Balaban J connectivity index is 1.90. The Bertz CT molecular complexity index is 530. The Morgan fingerprint density at radius 1 is 1.41 bits per heavy atom. The number of carbonyl (C=O) groups is 2. The monoisotopic (exact) mass is 319 g/mol. The third-order valence-electron chi connectivity index (χ3n) is 3.35. The van der Waals surface area contributed by atoms with Crippen LogP contribution in [0.2, 0.25) is 0 Å². The van der Waals surface area contributed by atoms with Crippen molar-refractivity contribution < 1.29 is 27.2 Å². The van der Waals surface area contributed by atoms with Crippen LogP contribution in [0, 0.1) is 0 Å². The van der Waals surface area contributed by atoms with E-state index in [-0.39, 0.29) is 37.3 Å². The zero-order valence-corrected chi connectivity index (χ0v) is 11.9. The predicted molar refractivity (Wildman–Crippen MR) is 70.2 cm³/mol. The van der Waals surface area contributed by atoms with Gasteiger partial charge in [0.2, 0.25) is 0 Å². The van der Waals surface area contributed by atoms with Gasteiger partial charge in [-0.2, -0.15) is 13.2 Å². The lowest BCUT2D eigenvalue weighted by Crippen LogP contribution is -2.58. The van der Waals surface area contributed by atoms with E-state index < -0.39 is 18.8 Å². The number of alkyl halides is 3. The molecule has 0 aliphatic carbocycles. The van der Waals surface area contributed by atoms with E-state index in [1.54, 1.807) is 13.0 Å². The molecule has 0 radical (unpaired) electrons. The molecule has 0 bridgehead atoms. The van der Waals surface area contributed by atoms with Gasteiger partial charge in [-0.3, -0.25) is 4.79 Å². The van der Waals surface area contributed by atoms with E-state index in [0.717, 1.165) is 0 Å². The smallest absolute Gasteiger partial charge is 0.405 e. The summed E-state index contributed by atoms with van der Waals surface area (Å²) in [6, 6.07) is 1.96. The SMILES string of the molecule is CC1CN(C(=O)c2ccco2)CCN1C(=O)NCC(F)(F)F. The van der Waals surface area contributed by atoms with E-state index in [4.69, 9.17) is 4.42 Å². The summed E-state index contributed by atoms with van der Waals surface area (Å²) >= 11 is 0. The molecule has 1 aliphatic rings. The molecule has 0 saturated carbocycles. The number of hydrogen-bond acceptors (Lipinski definition) is 3. The number of amides is 3. The van der Waals surface area contributed by atoms with Crippen LogP contribution in [0.15, 0.2) is 22.8 Å². The van der Waals surface area contributed by atoms with Gasteiger partial charge in [-0.15, -0.1) is 0 Å². The largest absolute Gasteiger partial charge is 0.459 e. The van der Waals surface area contributed by atoms with Crippen molar-refractivity contribution in [1.29, 1.82) is 0 Å². The summed E-state index contributed by atoms with van der Waals surface area (Å²) in [5.41, 5.74) is 0. The number of carbonyl (C=O) groups excluding carboxylic acids is 2. The molecule has 0 spiro atoms. The minimum Gasteiger partial charge on any atom is -0.459 e. The van der Waals surface area contributed by atoms with Crippen LogP contribution < -0.4 is 5.32 Å². The van der Waals surface area contributed by atoms with Gasteiger partial charge in [0.1, 0.15) is 6.54 Å². The maximum Gasteiger partial charge on any atom is 0.405 e. The molecule has 1 unspecified atom stereocenters. The molecule has 22 heavy (non-hydrogen) atoms. The highest BCUT2D eigenvalue weighted by atomic mass is 19.4. The van der Waals surface area contributed by atoms with Gasteiger partial charge in [-0.05, 0) is 19.1 Å². The molecule has 122 valence electrons. The zero-order chi connectivity index (χ0) is 16.3. The molecular formula is C13H16F3N3O3. The lowest BCUT2D eigenvalue weighted by atomic mass is 10.2. The van der Waals surface area contributed by atoms with Crippen molar-refractivity contribution in [2.45, 2.75) is 19.1 Å². The number of nitrogens with one attached hydrogen (secondary N) is 1. The van der Waals surface area contributed by atoms with Crippen molar-refractivity contribution in [1.82, 2.24) is 15.1 Å². The fourth-order valence-electron chi connectivity index (χ4n) is 2.28. The van der Waals surface area contributed by atoms with Crippen molar-refractivity contribution in [2.24, 2.45) is 0 Å². The standard InChI is InChI=1S/C13H16F3N3O3/c1-9-7-18(11(20)10-3-2-6-22-10)4-5-19(9)12(21)17-8-13(14,15)16/h2-3,6,9H,4-5,7-8H2,1H3,(H,17,21). The summed E-state index contributed by atoms with van der Waals surface area (Å²) in [6.45, 7) is 0.943. The van der Waals surface area contributed by atoms with Crippen LogP contribution in [-0.2, 0) is 0 Å². The first-order valence-electron chi connectivity index (χ1n) is 6.72. The molecule has 1 aliphatic heterocycles. The molecule has 0 aromatic carbocycles. The molecule has 1 atom stereocenters. The zero-order valence-electron chi connectivity index (χ0n) is 11.9. The molecular weight excluding hydrogens is 303 g/mol. The van der Waals surface area contributed by atoms with E-state index >= 15 is 0 Å². The molecule has 1 aromatic heterocycles. The molecule has 2 rings (SSSR count). The Morgan fingerprint density at radius 3 is 2.68 bits per heavy atom. The molecule has 2 heterocycles. The highest BCUT2D eigenvalue weighted by Gasteiger charge is 2.33. The van der Waals surface area contributed by atoms with Crippen LogP contribution in [0.25, 0.3) is 0 Å². The quantitative estimate of drug-likeness (QED) is 0.902. The summed E-state index contributed by atoms with van der Waals surface area (Å²) < 4.78 is 41.4. The summed E-state index contributed by atoms with van der Waals surface area (Å²) in [4.78, 5) is 26.7. The molecule has 3 amide bonds. The normalized spacial score (nSPS) is 19.2. The lowest BCUT2D eigenvalue weighted by molar-refractivity contribution is -0.123. The van der Waals surface area contributed by atoms with Crippen molar-refractivity contribution in [2.75, 3.05) is 26.2 Å². The molecule has 1 N–H and O–H groups in total. The molecule has 9 heteroatoms. The second kappa shape index (κ2) is 6.29. The van der Waals surface area contributed by atoms with E-state index in [1.807, 2.05) is 5.32 Å². The van der Waals surface area contributed by atoms with Crippen LogP contribution in [0.1, 0.15) is 17.5 Å². The van der Waals surface area contributed by atoms with Gasteiger partial charge >= 0.3 is 12.2 Å². The van der Waals surface area contributed by atoms with Gasteiger partial charge < -0.3 is 19.5 Å². The van der Waals surface area contributed by atoms with Gasteiger partial charge in [0, 0.05) is 25.7 Å². The number of halogens is 3. The fourth-order valence-corrected chi connectivity index (χ4v) is 2.28. The molecule has 1 aromatic rings. The van der Waals surface area contributed by atoms with Gasteiger partial charge in [-0.1, -0.05) is 0 Å². The van der Waals surface area contributed by atoms with Gasteiger partial charge in [-0.25, -0.2) is 4.79 Å². The summed E-state index contributed by atoms with van der Waals surface area (Å²) in [5, 5.41) is 1.83. The van der Waals surface area contributed by atoms with Crippen LogP contribution in [0.4, 0.5) is 18.0 Å². The van der Waals surface area contributed by atoms with Crippen LogP contribution >= 0.6 is 0 Å². The van der Waals surface area contributed by atoms with Gasteiger partial charge in [0.05, 0.1) is 6.26 Å². The van der Waals surface area contributed by atoms with E-state index in [9.17, 15) is 22.8 Å². The lowest BCUT2D eigenvalue weighted by Gasteiger charge is -2.39. The first-order valence-corrected chi connectivity index (χ1v) is 6.72. The maximum atomic E-state index is 12.1. The minimum absolute atomic E-state index is 0.164. The maximum absolute atomic E-state index is 12.1. The van der Waals surface area contributed by atoms with Crippen LogP contribution in [0.5, 0.6) is 0 Å². The van der Waals surface area contributed by atoms with E-state index in [1.165, 1.54) is 22.1 Å². The number of hydrogen-bond donors (Lipinski definition) is 1. The Labute approximate surface area is 124 Å². The molecule has 1 saturated heterocycles. The highest BCUT2D eigenvalue weighted by Crippen LogP contribution is 2.15. The van der Waals surface area contributed by atoms with Crippen molar-refractivity contribution in [3.8, 4) is 0 Å².